The van der Waals surface area contributed by atoms with Crippen LogP contribution in [0.3, 0.4) is 0 Å². The van der Waals surface area contributed by atoms with Gasteiger partial charge in [0.1, 0.15) is 11.3 Å². The van der Waals surface area contributed by atoms with Crippen molar-refractivity contribution in [1.29, 1.82) is 0 Å². The molecule has 3 heterocycles. The lowest BCUT2D eigenvalue weighted by atomic mass is 9.93. The van der Waals surface area contributed by atoms with E-state index in [2.05, 4.69) is 10.5 Å². The van der Waals surface area contributed by atoms with Crippen molar-refractivity contribution in [3.05, 3.63) is 57.7 Å². The van der Waals surface area contributed by atoms with E-state index >= 15 is 0 Å². The molecule has 5 rings (SSSR count). The highest BCUT2D eigenvalue weighted by Crippen LogP contribution is 2.31. The van der Waals surface area contributed by atoms with Crippen LogP contribution in [-0.2, 0) is 17.6 Å². The average Bonchev–Trinajstić information content (AvgIpc) is 3.55. The number of likely N-dealkylation sites (tertiary alicyclic amines) is 1. The summed E-state index contributed by atoms with van der Waals surface area (Å²) in [6, 6.07) is 4.04. The highest BCUT2D eigenvalue weighted by molar-refractivity contribution is 6.06. The van der Waals surface area contributed by atoms with Crippen LogP contribution in [0.4, 0.5) is 0 Å². The molecule has 7 nitrogen and oxygen atoms in total. The summed E-state index contributed by atoms with van der Waals surface area (Å²) in [7, 11) is 0. The molecule has 1 aliphatic heterocycles. The molecule has 1 aromatic carbocycles. The molecule has 0 atom stereocenters. The maximum Gasteiger partial charge on any atom is 0.289 e. The fourth-order valence-electron chi connectivity index (χ4n) is 4.92. The minimum Gasteiger partial charge on any atom is -0.464 e. The van der Waals surface area contributed by atoms with Crippen LogP contribution in [-0.4, -0.2) is 35.5 Å². The summed E-state index contributed by atoms with van der Waals surface area (Å²) < 4.78 is 11.7. The van der Waals surface area contributed by atoms with Gasteiger partial charge in [0.2, 0.25) is 5.91 Å². The molecule has 0 unspecified atom stereocenters. The monoisotopic (exact) mass is 447 g/mol. The van der Waals surface area contributed by atoms with Crippen molar-refractivity contribution >= 4 is 28.5 Å². The summed E-state index contributed by atoms with van der Waals surface area (Å²) in [6.07, 6.45) is 6.29. The van der Waals surface area contributed by atoms with Crippen molar-refractivity contribution in [2.75, 3.05) is 13.1 Å². The van der Waals surface area contributed by atoms with E-state index in [0.717, 1.165) is 95.5 Å². The standard InChI is InChI=1S/C26H29N3O4/c1-15-9-10-19-18(14-32-24(19)16(15)2)13-22(30)28-27-20-7-6-8-21-23(20)17(3)25(33-21)26(31)29-11-4-5-12-29/h9-10,14H,4-8,11-13H2,1-3H3,(H,28,30)/b27-20+. The molecule has 3 aromatic rings. The van der Waals surface area contributed by atoms with Gasteiger partial charge in [-0.1, -0.05) is 12.1 Å². The topological polar surface area (TPSA) is 88.0 Å². The number of fused-ring (bicyclic) bond motifs is 2. The maximum absolute atomic E-state index is 12.9. The molecule has 33 heavy (non-hydrogen) atoms. The van der Waals surface area contributed by atoms with Crippen molar-refractivity contribution in [1.82, 2.24) is 10.3 Å². The molecule has 0 spiro atoms. The number of benzene rings is 1. The Morgan fingerprint density at radius 2 is 1.85 bits per heavy atom. The first-order valence-electron chi connectivity index (χ1n) is 11.7. The van der Waals surface area contributed by atoms with Gasteiger partial charge in [-0.25, -0.2) is 5.43 Å². The minimum absolute atomic E-state index is 0.0415. The maximum atomic E-state index is 12.9. The highest BCUT2D eigenvalue weighted by atomic mass is 16.4. The highest BCUT2D eigenvalue weighted by Gasteiger charge is 2.31. The van der Waals surface area contributed by atoms with E-state index in [1.165, 1.54) is 0 Å². The first-order chi connectivity index (χ1) is 15.9. The lowest BCUT2D eigenvalue weighted by molar-refractivity contribution is -0.120. The fourth-order valence-corrected chi connectivity index (χ4v) is 4.92. The Hall–Kier alpha value is -3.35. The van der Waals surface area contributed by atoms with Gasteiger partial charge >= 0.3 is 0 Å². The number of hydrazone groups is 1. The van der Waals surface area contributed by atoms with Crippen molar-refractivity contribution in [2.24, 2.45) is 5.10 Å². The van der Waals surface area contributed by atoms with Gasteiger partial charge < -0.3 is 13.7 Å². The predicted molar refractivity (Wildman–Crippen MR) is 126 cm³/mol. The molecule has 7 heteroatoms. The third kappa shape index (κ3) is 3.86. The third-order valence-electron chi connectivity index (χ3n) is 6.92. The van der Waals surface area contributed by atoms with Crippen LogP contribution in [0.15, 0.2) is 32.3 Å². The second-order valence-electron chi connectivity index (χ2n) is 9.12. The van der Waals surface area contributed by atoms with Crippen LogP contribution in [0, 0.1) is 20.8 Å². The SMILES string of the molecule is Cc1ccc2c(CC(=O)N/N=C3\CCCc4oc(C(=O)N5CCCC5)c(C)c43)coc2c1C. The van der Waals surface area contributed by atoms with Crippen LogP contribution >= 0.6 is 0 Å². The summed E-state index contributed by atoms with van der Waals surface area (Å²) in [5, 5.41) is 5.40. The Labute approximate surface area is 192 Å². The first-order valence-corrected chi connectivity index (χ1v) is 11.7. The molecule has 1 N–H and O–H groups in total. The zero-order chi connectivity index (χ0) is 23.1. The Kier molecular flexibility index (Phi) is 5.56. The molecule has 2 aliphatic rings. The van der Waals surface area contributed by atoms with E-state index in [9.17, 15) is 9.59 Å². The third-order valence-corrected chi connectivity index (χ3v) is 6.92. The number of hydrogen-bond acceptors (Lipinski definition) is 5. The Bertz CT molecular complexity index is 1270. The molecule has 0 radical (unpaired) electrons. The van der Waals surface area contributed by atoms with Gasteiger partial charge in [-0.05, 0) is 57.6 Å². The lowest BCUT2D eigenvalue weighted by Gasteiger charge is -2.14. The van der Waals surface area contributed by atoms with Crippen LogP contribution in [0.25, 0.3) is 11.0 Å². The van der Waals surface area contributed by atoms with Gasteiger partial charge in [0.25, 0.3) is 5.91 Å². The Balaban J connectivity index is 1.34. The number of amides is 2. The second-order valence-corrected chi connectivity index (χ2v) is 9.12. The minimum atomic E-state index is -0.204. The van der Waals surface area contributed by atoms with Gasteiger partial charge in [0, 0.05) is 41.6 Å². The normalized spacial score (nSPS) is 17.1. The van der Waals surface area contributed by atoms with Gasteiger partial charge in [0.15, 0.2) is 5.76 Å². The first kappa shape index (κ1) is 21.5. The quantitative estimate of drug-likeness (QED) is 0.593. The van der Waals surface area contributed by atoms with Crippen LogP contribution in [0.5, 0.6) is 0 Å². The number of nitrogens with zero attached hydrogens (tertiary/aromatic N) is 2. The number of furan rings is 2. The van der Waals surface area contributed by atoms with E-state index in [0.29, 0.717) is 5.76 Å². The van der Waals surface area contributed by atoms with Gasteiger partial charge in [-0.2, -0.15) is 5.10 Å². The van der Waals surface area contributed by atoms with Crippen molar-refractivity contribution in [3.63, 3.8) is 0 Å². The summed E-state index contributed by atoms with van der Waals surface area (Å²) in [6.45, 7) is 7.54. The molecule has 1 saturated heterocycles. The summed E-state index contributed by atoms with van der Waals surface area (Å²) in [4.78, 5) is 27.4. The van der Waals surface area contributed by atoms with Crippen molar-refractivity contribution in [3.8, 4) is 0 Å². The number of carbonyl (C=O) groups is 2. The number of nitrogens with one attached hydrogen (secondary N) is 1. The fraction of sp³-hybridized carbons (Fsp3) is 0.423. The van der Waals surface area contributed by atoms with Crippen LogP contribution in [0.2, 0.25) is 0 Å². The van der Waals surface area contributed by atoms with Crippen molar-refractivity contribution < 1.29 is 18.4 Å². The molecule has 1 fully saturated rings. The lowest BCUT2D eigenvalue weighted by Crippen LogP contribution is -2.27. The van der Waals surface area contributed by atoms with Gasteiger partial charge in [0.05, 0.1) is 18.4 Å². The summed E-state index contributed by atoms with van der Waals surface area (Å²) >= 11 is 0. The van der Waals surface area contributed by atoms with Gasteiger partial charge in [-0.3, -0.25) is 9.59 Å². The molecule has 172 valence electrons. The molecule has 0 bridgehead atoms. The van der Waals surface area contributed by atoms with Crippen LogP contribution in [0.1, 0.15) is 69.8 Å². The molecule has 2 amide bonds. The smallest absolute Gasteiger partial charge is 0.289 e. The summed E-state index contributed by atoms with van der Waals surface area (Å²) in [5.41, 5.74) is 9.10. The molecule has 2 aromatic heterocycles. The number of rotatable bonds is 4. The zero-order valence-electron chi connectivity index (χ0n) is 19.4. The van der Waals surface area contributed by atoms with E-state index in [-0.39, 0.29) is 18.2 Å². The Morgan fingerprint density at radius 1 is 1.06 bits per heavy atom. The van der Waals surface area contributed by atoms with E-state index in [1.54, 1.807) is 6.26 Å². The van der Waals surface area contributed by atoms with E-state index < -0.39 is 0 Å². The van der Waals surface area contributed by atoms with E-state index in [1.807, 2.05) is 37.8 Å². The Morgan fingerprint density at radius 3 is 2.64 bits per heavy atom. The van der Waals surface area contributed by atoms with E-state index in [4.69, 9.17) is 8.83 Å². The summed E-state index contributed by atoms with van der Waals surface area (Å²) in [5.74, 6) is 0.963. The number of aryl methyl sites for hydroxylation is 3. The van der Waals surface area contributed by atoms with Crippen LogP contribution < -0.4 is 5.43 Å². The van der Waals surface area contributed by atoms with Gasteiger partial charge in [-0.15, -0.1) is 0 Å². The molecule has 0 saturated carbocycles. The zero-order valence-corrected chi connectivity index (χ0v) is 19.4. The predicted octanol–water partition coefficient (Wildman–Crippen LogP) is 4.59. The largest absolute Gasteiger partial charge is 0.464 e. The van der Waals surface area contributed by atoms with Crippen molar-refractivity contribution in [2.45, 2.75) is 59.3 Å². The number of carbonyl (C=O) groups excluding carboxylic acids is 2. The molecule has 1 aliphatic carbocycles. The number of hydrogen-bond donors (Lipinski definition) is 1. The second kappa shape index (κ2) is 8.54. The molecular weight excluding hydrogens is 418 g/mol. The average molecular weight is 448 g/mol. The molecular formula is C26H29N3O4.